The fourth-order valence-corrected chi connectivity index (χ4v) is 2.05. The topological polar surface area (TPSA) is 68.9 Å². The van der Waals surface area contributed by atoms with E-state index in [1.807, 2.05) is 12.1 Å². The first-order valence-corrected chi connectivity index (χ1v) is 5.95. The molecule has 0 atom stereocenters. The Morgan fingerprint density at radius 3 is 3.00 bits per heavy atom. The summed E-state index contributed by atoms with van der Waals surface area (Å²) in [7, 11) is 0. The Morgan fingerprint density at radius 2 is 2.35 bits per heavy atom. The number of nitriles is 1. The van der Waals surface area contributed by atoms with Crippen LogP contribution in [0.15, 0.2) is 18.3 Å². The second kappa shape index (κ2) is 5.26. The molecule has 2 rings (SSSR count). The second-order valence-corrected chi connectivity index (χ2v) is 4.74. The van der Waals surface area contributed by atoms with Crippen LogP contribution in [0.25, 0.3) is 0 Å². The Balaban J connectivity index is 1.80. The van der Waals surface area contributed by atoms with E-state index in [-0.39, 0.29) is 6.61 Å². The summed E-state index contributed by atoms with van der Waals surface area (Å²) < 4.78 is 0. The van der Waals surface area contributed by atoms with Crippen molar-refractivity contribution in [2.24, 2.45) is 5.41 Å². The molecule has 0 saturated heterocycles. The van der Waals surface area contributed by atoms with E-state index in [4.69, 9.17) is 10.4 Å². The molecule has 1 aliphatic carbocycles. The molecule has 17 heavy (non-hydrogen) atoms. The van der Waals surface area contributed by atoms with Crippen LogP contribution < -0.4 is 5.32 Å². The summed E-state index contributed by atoms with van der Waals surface area (Å²) in [5.41, 5.74) is 1.87. The predicted molar refractivity (Wildman–Crippen MR) is 64.0 cm³/mol. The summed E-state index contributed by atoms with van der Waals surface area (Å²) in [6.45, 7) is 1.97. The van der Waals surface area contributed by atoms with Crippen molar-refractivity contribution in [3.8, 4) is 6.07 Å². The average Bonchev–Trinajstić information content (AvgIpc) is 3.10. The van der Waals surface area contributed by atoms with E-state index >= 15 is 0 Å². The van der Waals surface area contributed by atoms with Crippen LogP contribution in [0.4, 0.5) is 0 Å². The molecule has 1 aliphatic rings. The molecular weight excluding hydrogens is 214 g/mol. The number of hydrogen-bond donors (Lipinski definition) is 2. The van der Waals surface area contributed by atoms with Gasteiger partial charge in [-0.15, -0.1) is 0 Å². The highest BCUT2D eigenvalue weighted by atomic mass is 16.3. The highest BCUT2D eigenvalue weighted by Gasteiger charge is 2.41. The van der Waals surface area contributed by atoms with Crippen molar-refractivity contribution in [3.63, 3.8) is 0 Å². The lowest BCUT2D eigenvalue weighted by Crippen LogP contribution is -2.24. The summed E-state index contributed by atoms with van der Waals surface area (Å²) in [5.74, 6) is 0. The van der Waals surface area contributed by atoms with Gasteiger partial charge in [0.1, 0.15) is 11.8 Å². The van der Waals surface area contributed by atoms with E-state index in [1.165, 1.54) is 12.8 Å². The van der Waals surface area contributed by atoms with Crippen LogP contribution in [0.5, 0.6) is 0 Å². The van der Waals surface area contributed by atoms with Crippen molar-refractivity contribution < 1.29 is 5.11 Å². The lowest BCUT2D eigenvalue weighted by molar-refractivity contribution is 0.245. The van der Waals surface area contributed by atoms with Gasteiger partial charge >= 0.3 is 0 Å². The Kier molecular flexibility index (Phi) is 3.72. The van der Waals surface area contributed by atoms with Crippen LogP contribution in [-0.4, -0.2) is 23.2 Å². The largest absolute Gasteiger partial charge is 0.396 e. The highest BCUT2D eigenvalue weighted by molar-refractivity contribution is 5.25. The molecule has 0 bridgehead atoms. The third-order valence-electron chi connectivity index (χ3n) is 3.37. The van der Waals surface area contributed by atoms with Crippen LogP contribution in [-0.2, 0) is 6.54 Å². The number of rotatable bonds is 6. The Morgan fingerprint density at radius 1 is 1.53 bits per heavy atom. The SMILES string of the molecule is N#Cc1cc(CNCC2(CCO)CC2)ccn1. The quantitative estimate of drug-likeness (QED) is 0.772. The zero-order valence-corrected chi connectivity index (χ0v) is 9.82. The number of aliphatic hydroxyl groups is 1. The van der Waals surface area contributed by atoms with Crippen LogP contribution in [0.2, 0.25) is 0 Å². The molecule has 2 N–H and O–H groups in total. The minimum absolute atomic E-state index is 0.273. The molecule has 4 heteroatoms. The molecule has 0 aliphatic heterocycles. The molecule has 1 fully saturated rings. The van der Waals surface area contributed by atoms with Crippen molar-refractivity contribution in [1.82, 2.24) is 10.3 Å². The molecule has 1 saturated carbocycles. The smallest absolute Gasteiger partial charge is 0.140 e. The molecule has 0 spiro atoms. The molecule has 1 aromatic rings. The van der Waals surface area contributed by atoms with Gasteiger partial charge in [0.2, 0.25) is 0 Å². The lowest BCUT2D eigenvalue weighted by atomic mass is 10.0. The number of aliphatic hydroxyl groups excluding tert-OH is 1. The van der Waals surface area contributed by atoms with Gasteiger partial charge in [0.25, 0.3) is 0 Å². The molecule has 90 valence electrons. The van der Waals surface area contributed by atoms with E-state index < -0.39 is 0 Å². The molecule has 4 nitrogen and oxygen atoms in total. The summed E-state index contributed by atoms with van der Waals surface area (Å²) in [5, 5.41) is 21.1. The van der Waals surface area contributed by atoms with Gasteiger partial charge in [-0.2, -0.15) is 5.26 Å². The number of pyridine rings is 1. The van der Waals surface area contributed by atoms with Gasteiger partial charge in [-0.1, -0.05) is 0 Å². The van der Waals surface area contributed by atoms with Crippen molar-refractivity contribution in [2.75, 3.05) is 13.2 Å². The van der Waals surface area contributed by atoms with E-state index in [2.05, 4.69) is 10.3 Å². The van der Waals surface area contributed by atoms with Gasteiger partial charge in [-0.25, -0.2) is 4.98 Å². The molecular formula is C13H17N3O. The number of nitrogens with zero attached hydrogens (tertiary/aromatic N) is 2. The maximum Gasteiger partial charge on any atom is 0.140 e. The van der Waals surface area contributed by atoms with Gasteiger partial charge in [0.05, 0.1) is 0 Å². The van der Waals surface area contributed by atoms with Crippen LogP contribution in [0.3, 0.4) is 0 Å². The van der Waals surface area contributed by atoms with E-state index in [9.17, 15) is 0 Å². The maximum absolute atomic E-state index is 8.95. The summed E-state index contributed by atoms with van der Waals surface area (Å²) in [4.78, 5) is 3.93. The predicted octanol–water partition coefficient (Wildman–Crippen LogP) is 1.21. The van der Waals surface area contributed by atoms with E-state index in [0.29, 0.717) is 11.1 Å². The number of aromatic nitrogens is 1. The van der Waals surface area contributed by atoms with Crippen LogP contribution >= 0.6 is 0 Å². The molecule has 0 radical (unpaired) electrons. The third kappa shape index (κ3) is 3.26. The highest BCUT2D eigenvalue weighted by Crippen LogP contribution is 2.47. The van der Waals surface area contributed by atoms with Crippen molar-refractivity contribution in [2.45, 2.75) is 25.8 Å². The Labute approximate surface area is 101 Å². The summed E-state index contributed by atoms with van der Waals surface area (Å²) in [6.07, 6.45) is 4.97. The lowest BCUT2D eigenvalue weighted by Gasteiger charge is -2.14. The number of nitrogens with one attached hydrogen (secondary N) is 1. The Bertz CT molecular complexity index is 421. The molecule has 0 amide bonds. The number of hydrogen-bond acceptors (Lipinski definition) is 4. The average molecular weight is 231 g/mol. The summed E-state index contributed by atoms with van der Waals surface area (Å²) in [6, 6.07) is 5.76. The van der Waals surface area contributed by atoms with Crippen LogP contribution in [0, 0.1) is 16.7 Å². The van der Waals surface area contributed by atoms with Gasteiger partial charge in [0.15, 0.2) is 0 Å². The molecule has 1 heterocycles. The van der Waals surface area contributed by atoms with E-state index in [0.717, 1.165) is 25.1 Å². The monoisotopic (exact) mass is 231 g/mol. The fourth-order valence-electron chi connectivity index (χ4n) is 2.05. The first-order chi connectivity index (χ1) is 8.28. The van der Waals surface area contributed by atoms with Gasteiger partial charge in [-0.3, -0.25) is 0 Å². The van der Waals surface area contributed by atoms with Crippen LogP contribution in [0.1, 0.15) is 30.5 Å². The molecule has 1 aromatic heterocycles. The van der Waals surface area contributed by atoms with Gasteiger partial charge in [-0.05, 0) is 42.4 Å². The first-order valence-electron chi connectivity index (χ1n) is 5.95. The first kappa shape index (κ1) is 12.0. The van der Waals surface area contributed by atoms with Crippen molar-refractivity contribution in [1.29, 1.82) is 5.26 Å². The minimum atomic E-state index is 0.273. The van der Waals surface area contributed by atoms with Gasteiger partial charge < -0.3 is 10.4 Å². The Hall–Kier alpha value is -1.44. The van der Waals surface area contributed by atoms with Crippen molar-refractivity contribution >= 4 is 0 Å². The molecule has 0 aromatic carbocycles. The third-order valence-corrected chi connectivity index (χ3v) is 3.37. The normalized spacial score (nSPS) is 16.5. The zero-order valence-electron chi connectivity index (χ0n) is 9.82. The van der Waals surface area contributed by atoms with Crippen molar-refractivity contribution in [3.05, 3.63) is 29.6 Å². The van der Waals surface area contributed by atoms with E-state index in [1.54, 1.807) is 12.3 Å². The fraction of sp³-hybridized carbons (Fsp3) is 0.538. The summed E-state index contributed by atoms with van der Waals surface area (Å²) >= 11 is 0. The minimum Gasteiger partial charge on any atom is -0.396 e. The van der Waals surface area contributed by atoms with Gasteiger partial charge in [0, 0.05) is 25.9 Å². The second-order valence-electron chi connectivity index (χ2n) is 4.74. The maximum atomic E-state index is 8.95. The standard InChI is InChI=1S/C13H17N3O/c14-8-12-7-11(1-5-16-12)9-15-10-13(2-3-13)4-6-17/h1,5,7,15,17H,2-4,6,9-10H2. The molecule has 0 unspecified atom stereocenters. The zero-order chi connectivity index (χ0) is 12.1.